The van der Waals surface area contributed by atoms with E-state index in [0.29, 0.717) is 24.4 Å². The van der Waals surface area contributed by atoms with Crippen LogP contribution in [0.15, 0.2) is 4.99 Å². The molecule has 14 nitrogen and oxygen atoms in total. The average Bonchev–Trinajstić information content (AvgIpc) is 3.18. The van der Waals surface area contributed by atoms with Crippen LogP contribution in [0.1, 0.15) is 19.3 Å². The summed E-state index contributed by atoms with van der Waals surface area (Å²) in [5.74, 6) is -0.197. The maximum atomic E-state index is 12.4. The quantitative estimate of drug-likeness (QED) is 0.115. The number of amides is 3. The summed E-state index contributed by atoms with van der Waals surface area (Å²) in [6, 6.07) is -2.15. The topological polar surface area (TPSA) is 202 Å². The normalized spacial score (nSPS) is 29.2. The first-order chi connectivity index (χ1) is 13.6. The lowest BCUT2D eigenvalue weighted by Crippen LogP contribution is -2.50. The third-order valence-corrected chi connectivity index (χ3v) is 5.45. The van der Waals surface area contributed by atoms with Crippen LogP contribution in [0.4, 0.5) is 4.79 Å². The zero-order valence-corrected chi connectivity index (χ0v) is 16.4. The summed E-state index contributed by atoms with van der Waals surface area (Å²) >= 11 is 0. The van der Waals surface area contributed by atoms with Gasteiger partial charge in [0.05, 0.1) is 12.6 Å². The molecule has 3 rings (SSSR count). The molecule has 0 aliphatic carbocycles. The van der Waals surface area contributed by atoms with Crippen LogP contribution in [0.5, 0.6) is 0 Å². The van der Waals surface area contributed by atoms with Gasteiger partial charge in [0.2, 0.25) is 0 Å². The Morgan fingerprint density at radius 1 is 1.38 bits per heavy atom. The van der Waals surface area contributed by atoms with Gasteiger partial charge in [0, 0.05) is 25.7 Å². The zero-order valence-electron chi connectivity index (χ0n) is 15.6. The van der Waals surface area contributed by atoms with Crippen LogP contribution in [0, 0.1) is 5.92 Å². The molecule has 7 N–H and O–H groups in total. The van der Waals surface area contributed by atoms with Crippen molar-refractivity contribution in [2.45, 2.75) is 37.4 Å². The molecule has 3 heterocycles. The lowest BCUT2D eigenvalue weighted by molar-refractivity contribution is -0.139. The molecule has 0 saturated carbocycles. The average molecular weight is 435 g/mol. The summed E-state index contributed by atoms with van der Waals surface area (Å²) < 4.78 is 34.9. The number of hydrogen-bond donors (Lipinski definition) is 5. The van der Waals surface area contributed by atoms with Crippen molar-refractivity contribution in [3.05, 3.63) is 0 Å². The summed E-state index contributed by atoms with van der Waals surface area (Å²) in [6.45, 7) is 1.59. The maximum Gasteiger partial charge on any atom is 0.418 e. The Morgan fingerprint density at radius 3 is 2.83 bits per heavy atom. The molecule has 3 fully saturated rings. The summed E-state index contributed by atoms with van der Waals surface area (Å²) in [7, 11) is -4.83. The molecule has 0 spiro atoms. The Hall–Kier alpha value is -2.20. The van der Waals surface area contributed by atoms with E-state index in [4.69, 9.17) is 20.9 Å². The van der Waals surface area contributed by atoms with E-state index < -0.39 is 34.4 Å². The van der Waals surface area contributed by atoms with Gasteiger partial charge in [-0.3, -0.25) is 19.2 Å². The number of nitrogens with two attached hydrogens (primary N) is 2. The zero-order chi connectivity index (χ0) is 21.2. The standard InChI is InChI=1S/C14H25N7O7S/c15-13(16)18-5-8-3-9(17-4-8)7-27-19-12(22)11-2-1-10-6-20(11)14(23)21(10)28-29(24,25)26/h8-11,17H,1-7H2,(H,19,22)(H4,15,16,18)(H,24,25,26)/t8-,9+,10-,11+/m1/s1. The molecule has 2 bridgehead atoms. The van der Waals surface area contributed by atoms with Gasteiger partial charge < -0.3 is 21.7 Å². The predicted octanol–water partition coefficient (Wildman–Crippen LogP) is -2.71. The van der Waals surface area contributed by atoms with Gasteiger partial charge in [0.15, 0.2) is 5.96 Å². The van der Waals surface area contributed by atoms with Gasteiger partial charge in [-0.2, -0.15) is 13.5 Å². The van der Waals surface area contributed by atoms with E-state index in [-0.39, 0.29) is 31.1 Å². The third-order valence-electron chi connectivity index (χ3n) is 5.10. The van der Waals surface area contributed by atoms with E-state index in [9.17, 15) is 18.0 Å². The number of hydrogen-bond acceptors (Lipinski definition) is 8. The predicted molar refractivity (Wildman–Crippen MR) is 98.1 cm³/mol. The number of urea groups is 1. The van der Waals surface area contributed by atoms with Crippen LogP contribution in [-0.4, -0.2) is 85.2 Å². The van der Waals surface area contributed by atoms with Crippen molar-refractivity contribution < 1.29 is 31.7 Å². The van der Waals surface area contributed by atoms with Gasteiger partial charge in [-0.1, -0.05) is 0 Å². The molecule has 29 heavy (non-hydrogen) atoms. The van der Waals surface area contributed by atoms with E-state index in [2.05, 4.69) is 20.1 Å². The van der Waals surface area contributed by atoms with Gasteiger partial charge in [-0.15, -0.1) is 4.28 Å². The van der Waals surface area contributed by atoms with Crippen LogP contribution in [0.25, 0.3) is 0 Å². The SMILES string of the molecule is NC(N)=NC[C@H]1CN[C@H](CONC(=O)[C@@H]2CC[C@@H]3CN2C(=O)N3OS(=O)(=O)O)C1. The van der Waals surface area contributed by atoms with Crippen molar-refractivity contribution in [3.63, 3.8) is 0 Å². The first-order valence-electron chi connectivity index (χ1n) is 9.11. The molecular formula is C14H25N7O7S. The second-order valence-corrected chi connectivity index (χ2v) is 8.26. The highest BCUT2D eigenvalue weighted by Gasteiger charge is 2.49. The second kappa shape index (κ2) is 8.66. The number of aliphatic imine (C=N–C) groups is 1. The van der Waals surface area contributed by atoms with E-state index in [1.165, 1.54) is 4.90 Å². The molecular weight excluding hydrogens is 410 g/mol. The van der Waals surface area contributed by atoms with Gasteiger partial charge in [-0.25, -0.2) is 10.3 Å². The van der Waals surface area contributed by atoms with Crippen LogP contribution in [-0.2, 0) is 24.3 Å². The lowest BCUT2D eigenvalue weighted by atomic mass is 10.0. The fourth-order valence-electron chi connectivity index (χ4n) is 3.79. The minimum Gasteiger partial charge on any atom is -0.370 e. The number of nitrogens with one attached hydrogen (secondary N) is 2. The van der Waals surface area contributed by atoms with Gasteiger partial charge in [0.1, 0.15) is 6.04 Å². The summed E-state index contributed by atoms with van der Waals surface area (Å²) in [4.78, 5) is 35.2. The Bertz CT molecular complexity index is 772. The molecule has 0 aromatic heterocycles. The highest BCUT2D eigenvalue weighted by Crippen LogP contribution is 2.30. The molecule has 0 unspecified atom stereocenters. The number of piperidine rings is 1. The van der Waals surface area contributed by atoms with E-state index >= 15 is 0 Å². The monoisotopic (exact) mass is 435 g/mol. The first-order valence-corrected chi connectivity index (χ1v) is 10.5. The molecule has 15 heteroatoms. The molecule has 3 aliphatic rings. The van der Waals surface area contributed by atoms with Crippen molar-refractivity contribution in [2.24, 2.45) is 22.4 Å². The fourth-order valence-corrected chi connectivity index (χ4v) is 4.18. The Labute approximate surface area is 167 Å². The number of fused-ring (bicyclic) bond motifs is 2. The van der Waals surface area contributed by atoms with Crippen molar-refractivity contribution in [2.75, 3.05) is 26.2 Å². The number of nitrogens with zero attached hydrogens (tertiary/aromatic N) is 3. The van der Waals surface area contributed by atoms with E-state index in [1.807, 2.05) is 0 Å². The Kier molecular flexibility index (Phi) is 6.42. The fraction of sp³-hybridized carbons (Fsp3) is 0.786. The molecule has 3 amide bonds. The minimum absolute atomic E-state index is 0.0253. The summed E-state index contributed by atoms with van der Waals surface area (Å²) in [5, 5.41) is 3.84. The molecule has 164 valence electrons. The van der Waals surface area contributed by atoms with Crippen molar-refractivity contribution >= 4 is 28.3 Å². The lowest BCUT2D eigenvalue weighted by Gasteiger charge is -2.29. The van der Waals surface area contributed by atoms with Gasteiger partial charge in [0.25, 0.3) is 5.91 Å². The minimum atomic E-state index is -4.83. The molecule has 0 aromatic carbocycles. The number of guanidine groups is 1. The first kappa shape index (κ1) is 21.5. The van der Waals surface area contributed by atoms with Crippen molar-refractivity contribution in [1.29, 1.82) is 0 Å². The second-order valence-electron chi connectivity index (χ2n) is 7.26. The van der Waals surface area contributed by atoms with Crippen LogP contribution < -0.4 is 22.3 Å². The highest BCUT2D eigenvalue weighted by atomic mass is 32.3. The summed E-state index contributed by atoms with van der Waals surface area (Å²) in [5.41, 5.74) is 13.0. The van der Waals surface area contributed by atoms with Gasteiger partial charge in [-0.05, 0) is 25.2 Å². The molecule has 3 saturated heterocycles. The number of rotatable bonds is 8. The van der Waals surface area contributed by atoms with Gasteiger partial charge >= 0.3 is 16.4 Å². The number of carbonyl (C=O) groups is 2. The maximum absolute atomic E-state index is 12.4. The van der Waals surface area contributed by atoms with Crippen molar-refractivity contribution in [3.8, 4) is 0 Å². The summed E-state index contributed by atoms with van der Waals surface area (Å²) in [6.07, 6.45) is 1.43. The number of carbonyl (C=O) groups excluding carboxylic acids is 2. The molecule has 0 aromatic rings. The number of hydroxylamine groups is 3. The highest BCUT2D eigenvalue weighted by molar-refractivity contribution is 7.80. The van der Waals surface area contributed by atoms with Crippen LogP contribution in [0.3, 0.4) is 0 Å². The van der Waals surface area contributed by atoms with E-state index in [1.54, 1.807) is 0 Å². The molecule has 4 atom stereocenters. The smallest absolute Gasteiger partial charge is 0.370 e. The van der Waals surface area contributed by atoms with E-state index in [0.717, 1.165) is 13.0 Å². The van der Waals surface area contributed by atoms with Crippen molar-refractivity contribution in [1.82, 2.24) is 20.8 Å². The third kappa shape index (κ3) is 5.45. The largest absolute Gasteiger partial charge is 0.418 e. The van der Waals surface area contributed by atoms with Crippen LogP contribution >= 0.6 is 0 Å². The molecule has 0 radical (unpaired) electrons. The van der Waals surface area contributed by atoms with Crippen LogP contribution in [0.2, 0.25) is 0 Å². The Morgan fingerprint density at radius 2 is 2.14 bits per heavy atom. The Balaban J connectivity index is 1.44. The molecule has 3 aliphatic heterocycles.